The summed E-state index contributed by atoms with van der Waals surface area (Å²) in [5.41, 5.74) is 7.96. The van der Waals surface area contributed by atoms with E-state index < -0.39 is 0 Å². The maximum atomic E-state index is 6.63. The molecule has 0 amide bonds. The van der Waals surface area contributed by atoms with Gasteiger partial charge in [-0.25, -0.2) is 4.98 Å². The van der Waals surface area contributed by atoms with Crippen LogP contribution >= 0.6 is 11.3 Å². The van der Waals surface area contributed by atoms with E-state index in [1.807, 2.05) is 0 Å². The van der Waals surface area contributed by atoms with Crippen molar-refractivity contribution in [1.29, 1.82) is 0 Å². The molecule has 1 unspecified atom stereocenters. The summed E-state index contributed by atoms with van der Waals surface area (Å²) in [6.07, 6.45) is 6.07. The van der Waals surface area contributed by atoms with Crippen molar-refractivity contribution in [3.63, 3.8) is 0 Å². The fourth-order valence-corrected chi connectivity index (χ4v) is 4.47. The van der Waals surface area contributed by atoms with Crippen molar-refractivity contribution in [2.45, 2.75) is 64.5 Å². The van der Waals surface area contributed by atoms with E-state index in [0.717, 1.165) is 25.2 Å². The lowest BCUT2D eigenvalue weighted by Gasteiger charge is -2.44. The molecule has 0 spiro atoms. The van der Waals surface area contributed by atoms with Crippen molar-refractivity contribution in [2.75, 3.05) is 13.1 Å². The first-order valence-corrected chi connectivity index (χ1v) is 8.42. The number of nitrogens with zero attached hydrogens (tertiary/aromatic N) is 2. The van der Waals surface area contributed by atoms with E-state index in [-0.39, 0.29) is 11.6 Å². The zero-order valence-electron chi connectivity index (χ0n) is 12.5. The number of likely N-dealkylation sites (N-methyl/N-ethyl adjacent to an activating group) is 1. The molecule has 0 radical (unpaired) electrons. The zero-order chi connectivity index (χ0) is 13.9. The molecule has 2 rings (SSSR count). The molecule has 0 aromatic carbocycles. The first-order chi connectivity index (χ1) is 9.12. The lowest BCUT2D eigenvalue weighted by atomic mass is 9.84. The van der Waals surface area contributed by atoms with E-state index in [0.29, 0.717) is 0 Å². The van der Waals surface area contributed by atoms with E-state index in [9.17, 15) is 0 Å². The van der Waals surface area contributed by atoms with E-state index in [4.69, 9.17) is 5.73 Å². The van der Waals surface area contributed by atoms with Gasteiger partial charge in [-0.3, -0.25) is 4.90 Å². The molecule has 3 nitrogen and oxygen atoms in total. The number of hydrogen-bond donors (Lipinski definition) is 1. The van der Waals surface area contributed by atoms with Gasteiger partial charge in [0.2, 0.25) is 0 Å². The molecule has 2 N–H and O–H groups in total. The maximum absolute atomic E-state index is 6.63. The minimum atomic E-state index is 0.209. The number of hydrogen-bond acceptors (Lipinski definition) is 4. The Hall–Kier alpha value is -0.450. The van der Waals surface area contributed by atoms with Gasteiger partial charge >= 0.3 is 0 Å². The summed E-state index contributed by atoms with van der Waals surface area (Å²) in [7, 11) is 0. The third-order valence-corrected chi connectivity index (χ3v) is 5.60. The average Bonchev–Trinajstić information content (AvgIpc) is 3.01. The SMILES string of the molecule is CCN(CC)C1(C(N)Cc2nc(C)cs2)CCCC1. The van der Waals surface area contributed by atoms with Crippen molar-refractivity contribution in [2.24, 2.45) is 5.73 Å². The highest BCUT2D eigenvalue weighted by molar-refractivity contribution is 7.09. The van der Waals surface area contributed by atoms with Gasteiger partial charge in [0.25, 0.3) is 0 Å². The van der Waals surface area contributed by atoms with Crippen LogP contribution in [-0.2, 0) is 6.42 Å². The lowest BCUT2D eigenvalue weighted by molar-refractivity contribution is 0.0771. The summed E-state index contributed by atoms with van der Waals surface area (Å²) in [5.74, 6) is 0. The van der Waals surface area contributed by atoms with E-state index in [1.54, 1.807) is 11.3 Å². The van der Waals surface area contributed by atoms with Gasteiger partial charge in [-0.2, -0.15) is 0 Å². The molecule has 0 aliphatic heterocycles. The van der Waals surface area contributed by atoms with Crippen LogP contribution in [0.15, 0.2) is 5.38 Å². The van der Waals surface area contributed by atoms with Crippen molar-refractivity contribution < 1.29 is 0 Å². The maximum Gasteiger partial charge on any atom is 0.0944 e. The second-order valence-corrected chi connectivity index (χ2v) is 6.62. The Kier molecular flexibility index (Phi) is 4.98. The van der Waals surface area contributed by atoms with Gasteiger partial charge in [-0.15, -0.1) is 11.3 Å². The molecule has 1 aromatic heterocycles. The molecule has 19 heavy (non-hydrogen) atoms. The Morgan fingerprint density at radius 3 is 2.47 bits per heavy atom. The van der Waals surface area contributed by atoms with Crippen LogP contribution in [0.5, 0.6) is 0 Å². The van der Waals surface area contributed by atoms with Gasteiger partial charge in [-0.1, -0.05) is 26.7 Å². The molecule has 1 heterocycles. The van der Waals surface area contributed by atoms with Crippen LogP contribution in [0.25, 0.3) is 0 Å². The van der Waals surface area contributed by atoms with Crippen molar-refractivity contribution >= 4 is 11.3 Å². The molecule has 1 aromatic rings. The summed E-state index contributed by atoms with van der Waals surface area (Å²) in [5, 5.41) is 3.32. The van der Waals surface area contributed by atoms with E-state index in [2.05, 4.69) is 36.0 Å². The Balaban J connectivity index is 2.14. The van der Waals surface area contributed by atoms with Gasteiger partial charge < -0.3 is 5.73 Å². The molecule has 1 fully saturated rings. The van der Waals surface area contributed by atoms with Gasteiger partial charge in [0, 0.05) is 29.1 Å². The lowest BCUT2D eigenvalue weighted by Crippen LogP contribution is -2.59. The number of rotatable bonds is 6. The minimum Gasteiger partial charge on any atom is -0.326 e. The average molecular weight is 281 g/mol. The summed E-state index contributed by atoms with van der Waals surface area (Å²) in [6.45, 7) is 8.76. The normalized spacial score (nSPS) is 20.1. The number of aromatic nitrogens is 1. The highest BCUT2D eigenvalue weighted by Crippen LogP contribution is 2.38. The molecule has 4 heteroatoms. The van der Waals surface area contributed by atoms with Crippen LogP contribution in [0, 0.1) is 6.92 Å². The second kappa shape index (κ2) is 6.33. The van der Waals surface area contributed by atoms with Crippen LogP contribution in [-0.4, -0.2) is 34.6 Å². The van der Waals surface area contributed by atoms with Gasteiger partial charge in [0.15, 0.2) is 0 Å². The van der Waals surface area contributed by atoms with Crippen molar-refractivity contribution in [1.82, 2.24) is 9.88 Å². The highest BCUT2D eigenvalue weighted by atomic mass is 32.1. The monoisotopic (exact) mass is 281 g/mol. The summed E-state index contributed by atoms with van der Waals surface area (Å²) >= 11 is 1.75. The molecular formula is C15H27N3S. The largest absolute Gasteiger partial charge is 0.326 e. The van der Waals surface area contributed by atoms with Crippen LogP contribution < -0.4 is 5.73 Å². The van der Waals surface area contributed by atoms with Crippen molar-refractivity contribution in [3.8, 4) is 0 Å². The second-order valence-electron chi connectivity index (χ2n) is 5.68. The molecule has 1 aliphatic rings. The number of nitrogens with two attached hydrogens (primary N) is 1. The quantitative estimate of drug-likeness (QED) is 0.871. The Morgan fingerprint density at radius 1 is 1.37 bits per heavy atom. The van der Waals surface area contributed by atoms with Gasteiger partial charge in [-0.05, 0) is 32.9 Å². The van der Waals surface area contributed by atoms with Gasteiger partial charge in [0.1, 0.15) is 0 Å². The molecule has 108 valence electrons. The van der Waals surface area contributed by atoms with E-state index >= 15 is 0 Å². The molecule has 0 saturated heterocycles. The van der Waals surface area contributed by atoms with Gasteiger partial charge in [0.05, 0.1) is 5.01 Å². The van der Waals surface area contributed by atoms with Crippen molar-refractivity contribution in [3.05, 3.63) is 16.1 Å². The number of thiazole rings is 1. The Morgan fingerprint density at radius 2 is 2.00 bits per heavy atom. The summed E-state index contributed by atoms with van der Waals surface area (Å²) in [6, 6.07) is 0.209. The van der Waals surface area contributed by atoms with E-state index in [1.165, 1.54) is 30.7 Å². The summed E-state index contributed by atoms with van der Waals surface area (Å²) in [4.78, 5) is 7.17. The topological polar surface area (TPSA) is 42.1 Å². The highest BCUT2D eigenvalue weighted by Gasteiger charge is 2.43. The molecule has 1 atom stereocenters. The van der Waals surface area contributed by atoms with Crippen LogP contribution in [0.1, 0.15) is 50.2 Å². The van der Waals surface area contributed by atoms with Crippen LogP contribution in [0.4, 0.5) is 0 Å². The number of aryl methyl sites for hydroxylation is 1. The Labute approximate surface area is 121 Å². The zero-order valence-corrected chi connectivity index (χ0v) is 13.3. The molecule has 0 bridgehead atoms. The van der Waals surface area contributed by atoms with Crippen LogP contribution in [0.3, 0.4) is 0 Å². The van der Waals surface area contributed by atoms with Crippen LogP contribution in [0.2, 0.25) is 0 Å². The molecule has 1 saturated carbocycles. The fraction of sp³-hybridized carbons (Fsp3) is 0.800. The fourth-order valence-electron chi connectivity index (χ4n) is 3.64. The standard InChI is InChI=1S/C15H27N3S/c1-4-18(5-2)15(8-6-7-9-15)13(16)10-14-17-12(3)11-19-14/h11,13H,4-10,16H2,1-3H3. The molecular weight excluding hydrogens is 254 g/mol. The third-order valence-electron chi connectivity index (χ3n) is 4.61. The summed E-state index contributed by atoms with van der Waals surface area (Å²) < 4.78 is 0. The smallest absolute Gasteiger partial charge is 0.0944 e. The first-order valence-electron chi connectivity index (χ1n) is 7.54. The Bertz CT molecular complexity index is 392. The molecule has 1 aliphatic carbocycles. The minimum absolute atomic E-state index is 0.209. The predicted molar refractivity (Wildman–Crippen MR) is 82.7 cm³/mol. The third kappa shape index (κ3) is 3.01. The predicted octanol–water partition coefficient (Wildman–Crippen LogP) is 2.98. The first kappa shape index (κ1) is 14.9.